The lowest BCUT2D eigenvalue weighted by atomic mass is 10.2. The standard InChI is InChI=1S/C18H19BrN2O2S/c1-13-11-15(19)7-8-16(13)24-12-17(22)20-9-10-21-18(23)14-5-3-2-4-6-14/h2-8,11H,9-10,12H2,1H3,(H,20,22)(H,21,23). The number of carbonyl (C=O) groups excluding carboxylic acids is 2. The highest BCUT2D eigenvalue weighted by Gasteiger charge is 2.06. The molecule has 2 rings (SSSR count). The van der Waals surface area contributed by atoms with E-state index in [4.69, 9.17) is 0 Å². The molecule has 0 fully saturated rings. The van der Waals surface area contributed by atoms with Gasteiger partial charge in [0.15, 0.2) is 0 Å². The Morgan fingerprint density at radius 2 is 1.75 bits per heavy atom. The van der Waals surface area contributed by atoms with Crippen LogP contribution in [-0.2, 0) is 4.79 Å². The molecule has 0 saturated heterocycles. The third-order valence-corrected chi connectivity index (χ3v) is 4.93. The van der Waals surface area contributed by atoms with Gasteiger partial charge >= 0.3 is 0 Å². The van der Waals surface area contributed by atoms with Crippen LogP contribution < -0.4 is 10.6 Å². The summed E-state index contributed by atoms with van der Waals surface area (Å²) in [5.74, 6) is 0.177. The molecule has 0 bridgehead atoms. The fourth-order valence-corrected chi connectivity index (χ4v) is 3.35. The van der Waals surface area contributed by atoms with Gasteiger partial charge in [0, 0.05) is 28.0 Å². The first-order chi connectivity index (χ1) is 11.6. The molecule has 126 valence electrons. The summed E-state index contributed by atoms with van der Waals surface area (Å²) in [5.41, 5.74) is 1.75. The predicted octanol–water partition coefficient (Wildman–Crippen LogP) is 3.40. The van der Waals surface area contributed by atoms with Gasteiger partial charge in [-0.2, -0.15) is 0 Å². The minimum atomic E-state index is -0.135. The van der Waals surface area contributed by atoms with Crippen LogP contribution in [0, 0.1) is 6.92 Å². The van der Waals surface area contributed by atoms with Gasteiger partial charge in [-0.1, -0.05) is 34.1 Å². The summed E-state index contributed by atoms with van der Waals surface area (Å²) < 4.78 is 1.03. The molecule has 0 radical (unpaired) electrons. The molecule has 2 aromatic carbocycles. The summed E-state index contributed by atoms with van der Waals surface area (Å²) >= 11 is 4.93. The van der Waals surface area contributed by atoms with Crippen LogP contribution in [0.25, 0.3) is 0 Å². The zero-order chi connectivity index (χ0) is 17.4. The quantitative estimate of drug-likeness (QED) is 0.547. The van der Waals surface area contributed by atoms with Crippen LogP contribution in [0.15, 0.2) is 57.9 Å². The van der Waals surface area contributed by atoms with Gasteiger partial charge in [0.1, 0.15) is 0 Å². The SMILES string of the molecule is Cc1cc(Br)ccc1SCC(=O)NCCNC(=O)c1ccccc1. The maximum absolute atomic E-state index is 11.9. The van der Waals surface area contributed by atoms with Gasteiger partial charge in [0.2, 0.25) is 5.91 Å². The Morgan fingerprint density at radius 3 is 2.46 bits per heavy atom. The number of nitrogens with one attached hydrogen (secondary N) is 2. The number of rotatable bonds is 7. The Balaban J connectivity index is 1.65. The molecular formula is C18H19BrN2O2S. The zero-order valence-corrected chi connectivity index (χ0v) is 15.7. The number of hydrogen-bond donors (Lipinski definition) is 2. The third-order valence-electron chi connectivity index (χ3n) is 3.26. The Labute approximate surface area is 154 Å². The van der Waals surface area contributed by atoms with E-state index in [2.05, 4.69) is 26.6 Å². The first-order valence-electron chi connectivity index (χ1n) is 7.55. The monoisotopic (exact) mass is 406 g/mol. The molecule has 0 spiro atoms. The molecule has 4 nitrogen and oxygen atoms in total. The number of aryl methyl sites for hydroxylation is 1. The second kappa shape index (κ2) is 9.49. The summed E-state index contributed by atoms with van der Waals surface area (Å²) in [4.78, 5) is 24.8. The highest BCUT2D eigenvalue weighted by atomic mass is 79.9. The fraction of sp³-hybridized carbons (Fsp3) is 0.222. The fourth-order valence-electron chi connectivity index (χ4n) is 2.04. The second-order valence-corrected chi connectivity index (χ2v) is 7.10. The van der Waals surface area contributed by atoms with Crippen molar-refractivity contribution in [1.82, 2.24) is 10.6 Å². The Morgan fingerprint density at radius 1 is 1.04 bits per heavy atom. The summed E-state index contributed by atoms with van der Waals surface area (Å²) in [7, 11) is 0. The van der Waals surface area contributed by atoms with Crippen molar-refractivity contribution in [3.05, 3.63) is 64.1 Å². The average Bonchev–Trinajstić information content (AvgIpc) is 2.58. The van der Waals surface area contributed by atoms with Crippen molar-refractivity contribution in [2.24, 2.45) is 0 Å². The Hall–Kier alpha value is -1.79. The first-order valence-corrected chi connectivity index (χ1v) is 9.33. The lowest BCUT2D eigenvalue weighted by Gasteiger charge is -2.08. The molecule has 0 aliphatic carbocycles. The van der Waals surface area contributed by atoms with Crippen LogP contribution in [0.2, 0.25) is 0 Å². The molecule has 24 heavy (non-hydrogen) atoms. The number of thioether (sulfide) groups is 1. The summed E-state index contributed by atoms with van der Waals surface area (Å²) in [5, 5.41) is 5.58. The number of hydrogen-bond acceptors (Lipinski definition) is 3. The van der Waals surface area contributed by atoms with Gasteiger partial charge in [-0.05, 0) is 42.8 Å². The van der Waals surface area contributed by atoms with Gasteiger partial charge in [0.05, 0.1) is 5.75 Å². The van der Waals surface area contributed by atoms with Gasteiger partial charge in [-0.15, -0.1) is 11.8 Å². The van der Waals surface area contributed by atoms with Crippen LogP contribution in [0.5, 0.6) is 0 Å². The van der Waals surface area contributed by atoms with E-state index in [1.807, 2.05) is 43.3 Å². The summed E-state index contributed by atoms with van der Waals surface area (Å²) in [6.45, 7) is 2.84. The number of carbonyl (C=O) groups is 2. The molecule has 0 aliphatic heterocycles. The number of benzene rings is 2. The van der Waals surface area contributed by atoms with Crippen molar-refractivity contribution < 1.29 is 9.59 Å². The van der Waals surface area contributed by atoms with Crippen LogP contribution in [-0.4, -0.2) is 30.7 Å². The Bertz CT molecular complexity index is 707. The second-order valence-electron chi connectivity index (χ2n) is 5.17. The van der Waals surface area contributed by atoms with E-state index in [0.717, 1.165) is 14.9 Å². The van der Waals surface area contributed by atoms with Gasteiger partial charge in [0.25, 0.3) is 5.91 Å². The molecule has 0 aromatic heterocycles. The lowest BCUT2D eigenvalue weighted by Crippen LogP contribution is -2.35. The van der Waals surface area contributed by atoms with Crippen LogP contribution in [0.1, 0.15) is 15.9 Å². The molecule has 0 aliphatic rings. The molecule has 0 saturated carbocycles. The number of amides is 2. The normalized spacial score (nSPS) is 10.2. The van der Waals surface area contributed by atoms with E-state index >= 15 is 0 Å². The van der Waals surface area contributed by atoms with Crippen molar-refractivity contribution >= 4 is 39.5 Å². The van der Waals surface area contributed by atoms with Crippen molar-refractivity contribution in [1.29, 1.82) is 0 Å². The van der Waals surface area contributed by atoms with E-state index in [9.17, 15) is 9.59 Å². The average molecular weight is 407 g/mol. The molecule has 6 heteroatoms. The maximum Gasteiger partial charge on any atom is 0.251 e. The minimum Gasteiger partial charge on any atom is -0.354 e. The van der Waals surface area contributed by atoms with Gasteiger partial charge < -0.3 is 10.6 Å². The Kier molecular flexibility index (Phi) is 7.34. The summed E-state index contributed by atoms with van der Waals surface area (Å²) in [6.07, 6.45) is 0. The zero-order valence-electron chi connectivity index (χ0n) is 13.3. The summed E-state index contributed by atoms with van der Waals surface area (Å²) in [6, 6.07) is 15.0. The van der Waals surface area contributed by atoms with E-state index in [1.54, 1.807) is 12.1 Å². The predicted molar refractivity (Wildman–Crippen MR) is 101 cm³/mol. The molecule has 0 atom stereocenters. The molecule has 2 amide bonds. The van der Waals surface area contributed by atoms with Crippen molar-refractivity contribution in [3.8, 4) is 0 Å². The van der Waals surface area contributed by atoms with E-state index < -0.39 is 0 Å². The van der Waals surface area contributed by atoms with Crippen LogP contribution >= 0.6 is 27.7 Å². The van der Waals surface area contributed by atoms with Crippen LogP contribution in [0.3, 0.4) is 0 Å². The lowest BCUT2D eigenvalue weighted by molar-refractivity contribution is -0.118. The molecule has 0 heterocycles. The first kappa shape index (κ1) is 18.5. The van der Waals surface area contributed by atoms with Crippen LogP contribution in [0.4, 0.5) is 0 Å². The number of halogens is 1. The smallest absolute Gasteiger partial charge is 0.251 e. The topological polar surface area (TPSA) is 58.2 Å². The van der Waals surface area contributed by atoms with E-state index in [-0.39, 0.29) is 11.8 Å². The molecule has 0 unspecified atom stereocenters. The van der Waals surface area contributed by atoms with Crippen molar-refractivity contribution in [2.75, 3.05) is 18.8 Å². The van der Waals surface area contributed by atoms with Gasteiger partial charge in [-0.25, -0.2) is 0 Å². The highest BCUT2D eigenvalue weighted by Crippen LogP contribution is 2.24. The van der Waals surface area contributed by atoms with Gasteiger partial charge in [-0.3, -0.25) is 9.59 Å². The maximum atomic E-state index is 11.9. The minimum absolute atomic E-state index is 0.0451. The highest BCUT2D eigenvalue weighted by molar-refractivity contribution is 9.10. The largest absolute Gasteiger partial charge is 0.354 e. The molecular weight excluding hydrogens is 388 g/mol. The van der Waals surface area contributed by atoms with Crippen molar-refractivity contribution in [3.63, 3.8) is 0 Å². The molecule has 2 N–H and O–H groups in total. The van der Waals surface area contributed by atoms with Crippen molar-refractivity contribution in [2.45, 2.75) is 11.8 Å². The third kappa shape index (κ3) is 6.02. The van der Waals surface area contributed by atoms with E-state index in [1.165, 1.54) is 11.8 Å². The molecule has 2 aromatic rings. The van der Waals surface area contributed by atoms with E-state index in [0.29, 0.717) is 24.4 Å².